The minimum atomic E-state index is -0.366. The quantitative estimate of drug-likeness (QED) is 0.139. The van der Waals surface area contributed by atoms with Gasteiger partial charge in [-0.3, -0.25) is 10.1 Å². The largest absolute Gasteiger partial charge is 0.368 e. The Balaban J connectivity index is 1.32. The van der Waals surface area contributed by atoms with Crippen LogP contribution < -0.4 is 9.80 Å². The average Bonchev–Trinajstić information content (AvgIpc) is 3.06. The van der Waals surface area contributed by atoms with Crippen LogP contribution in [-0.2, 0) is 0 Å². The van der Waals surface area contributed by atoms with Crippen molar-refractivity contribution in [1.29, 1.82) is 0 Å². The van der Waals surface area contributed by atoms with Crippen molar-refractivity contribution in [3.8, 4) is 22.3 Å². The summed E-state index contributed by atoms with van der Waals surface area (Å²) in [6, 6.07) is 45.1. The average molecular weight is 564 g/mol. The Bertz CT molecular complexity index is 1660. The fraction of sp³-hybridized carbons (Fsp3) is 0.105. The first kappa shape index (κ1) is 27.7. The summed E-state index contributed by atoms with van der Waals surface area (Å²) in [5.41, 5.74) is 9.03. The number of rotatable bonds is 8. The van der Waals surface area contributed by atoms with E-state index in [1.807, 2.05) is 31.3 Å². The van der Waals surface area contributed by atoms with Crippen LogP contribution >= 0.6 is 0 Å². The highest BCUT2D eigenvalue weighted by molar-refractivity contribution is 5.76. The molecule has 5 nitrogen and oxygen atoms in total. The first-order chi connectivity index (χ1) is 21.0. The van der Waals surface area contributed by atoms with Crippen molar-refractivity contribution >= 4 is 22.7 Å². The topological polar surface area (TPSA) is 49.6 Å². The summed E-state index contributed by atoms with van der Waals surface area (Å²) in [5.74, 6) is 0.190. The second kappa shape index (κ2) is 12.2. The molecule has 1 aliphatic rings. The molecule has 6 rings (SSSR count). The van der Waals surface area contributed by atoms with E-state index in [1.54, 1.807) is 12.1 Å². The SMILES string of the molecule is CC1C=C(N(c2ccc(-c3ccccc3)cc2)c2ccc(-c3ccccc3)cc2)C=CC1N(C)c1ccc([N+](=O)[O-])cc1. The van der Waals surface area contributed by atoms with Crippen molar-refractivity contribution in [1.82, 2.24) is 0 Å². The number of nitrogens with zero attached hydrogens (tertiary/aromatic N) is 3. The van der Waals surface area contributed by atoms with E-state index < -0.39 is 0 Å². The van der Waals surface area contributed by atoms with E-state index in [4.69, 9.17) is 0 Å². The normalized spacial score (nSPS) is 15.9. The maximum atomic E-state index is 11.1. The van der Waals surface area contributed by atoms with Crippen LogP contribution in [0.2, 0.25) is 0 Å². The van der Waals surface area contributed by atoms with Gasteiger partial charge in [0.1, 0.15) is 0 Å². The maximum Gasteiger partial charge on any atom is 0.269 e. The van der Waals surface area contributed by atoms with Gasteiger partial charge in [0, 0.05) is 47.9 Å². The molecule has 0 amide bonds. The molecule has 5 aromatic carbocycles. The molecular weight excluding hydrogens is 530 g/mol. The highest BCUT2D eigenvalue weighted by atomic mass is 16.6. The highest BCUT2D eigenvalue weighted by Crippen LogP contribution is 2.37. The van der Waals surface area contributed by atoms with Gasteiger partial charge in [-0.05, 0) is 64.7 Å². The minimum absolute atomic E-state index is 0.0961. The van der Waals surface area contributed by atoms with E-state index in [-0.39, 0.29) is 22.6 Å². The van der Waals surface area contributed by atoms with Gasteiger partial charge >= 0.3 is 0 Å². The summed E-state index contributed by atoms with van der Waals surface area (Å²) >= 11 is 0. The maximum absolute atomic E-state index is 11.1. The summed E-state index contributed by atoms with van der Waals surface area (Å²) in [4.78, 5) is 15.2. The summed E-state index contributed by atoms with van der Waals surface area (Å²) < 4.78 is 0. The van der Waals surface area contributed by atoms with Crippen molar-refractivity contribution in [3.63, 3.8) is 0 Å². The zero-order valence-corrected chi connectivity index (χ0v) is 24.2. The predicted molar refractivity (Wildman–Crippen MR) is 178 cm³/mol. The van der Waals surface area contributed by atoms with Gasteiger partial charge in [-0.25, -0.2) is 0 Å². The van der Waals surface area contributed by atoms with Gasteiger partial charge in [-0.2, -0.15) is 0 Å². The molecule has 0 aliphatic heterocycles. The molecule has 2 atom stereocenters. The first-order valence-corrected chi connectivity index (χ1v) is 14.5. The molecular formula is C38H33N3O2. The zero-order chi connectivity index (χ0) is 29.8. The number of likely N-dealkylation sites (N-methyl/N-ethyl adjacent to an activating group) is 1. The van der Waals surface area contributed by atoms with Crippen LogP contribution in [0.25, 0.3) is 22.3 Å². The van der Waals surface area contributed by atoms with Gasteiger partial charge in [0.05, 0.1) is 11.0 Å². The van der Waals surface area contributed by atoms with Gasteiger partial charge in [-0.15, -0.1) is 0 Å². The van der Waals surface area contributed by atoms with Crippen molar-refractivity contribution in [2.75, 3.05) is 16.8 Å². The number of non-ortho nitro benzene ring substituents is 1. The van der Waals surface area contributed by atoms with Crippen LogP contribution in [-0.4, -0.2) is 18.0 Å². The van der Waals surface area contributed by atoms with Crippen molar-refractivity contribution < 1.29 is 4.92 Å². The molecule has 0 N–H and O–H groups in total. The van der Waals surface area contributed by atoms with Crippen molar-refractivity contribution in [3.05, 3.63) is 167 Å². The second-order valence-corrected chi connectivity index (χ2v) is 10.8. The Morgan fingerprint density at radius 3 is 1.49 bits per heavy atom. The number of allylic oxidation sites excluding steroid dienone is 1. The predicted octanol–water partition coefficient (Wildman–Crippen LogP) is 9.66. The highest BCUT2D eigenvalue weighted by Gasteiger charge is 2.25. The lowest BCUT2D eigenvalue weighted by Crippen LogP contribution is -2.37. The van der Waals surface area contributed by atoms with E-state index in [2.05, 4.69) is 132 Å². The molecule has 43 heavy (non-hydrogen) atoms. The van der Waals surface area contributed by atoms with Crippen LogP contribution in [0.5, 0.6) is 0 Å². The van der Waals surface area contributed by atoms with Crippen LogP contribution in [0.1, 0.15) is 6.92 Å². The third-order valence-electron chi connectivity index (χ3n) is 8.07. The standard InChI is InChI=1S/C38H33N3O2/c1-28-27-37(25-26-38(28)39(2)33-21-23-36(24-22-33)41(42)43)40(34-17-13-31(14-18-34)29-9-5-3-6-10-29)35-19-15-32(16-20-35)30-11-7-4-8-12-30/h3-28,38H,1-2H3. The fourth-order valence-corrected chi connectivity index (χ4v) is 5.72. The molecule has 0 bridgehead atoms. The molecule has 0 aromatic heterocycles. The van der Waals surface area contributed by atoms with Crippen LogP contribution in [0.3, 0.4) is 0 Å². The van der Waals surface area contributed by atoms with E-state index in [9.17, 15) is 10.1 Å². The lowest BCUT2D eigenvalue weighted by molar-refractivity contribution is -0.384. The number of anilines is 3. The van der Waals surface area contributed by atoms with E-state index in [0.717, 1.165) is 22.8 Å². The van der Waals surface area contributed by atoms with Crippen LogP contribution in [0, 0.1) is 16.0 Å². The Morgan fingerprint density at radius 2 is 1.05 bits per heavy atom. The monoisotopic (exact) mass is 563 g/mol. The number of nitro groups is 1. The molecule has 5 heteroatoms. The second-order valence-electron chi connectivity index (χ2n) is 10.8. The number of nitro benzene ring substituents is 1. The van der Waals surface area contributed by atoms with E-state index in [1.165, 1.54) is 22.3 Å². The van der Waals surface area contributed by atoms with Crippen LogP contribution in [0.15, 0.2) is 157 Å². The molecule has 0 fully saturated rings. The third-order valence-corrected chi connectivity index (χ3v) is 8.07. The molecule has 2 unspecified atom stereocenters. The molecule has 5 aromatic rings. The molecule has 0 heterocycles. The number of benzene rings is 5. The molecule has 0 spiro atoms. The smallest absolute Gasteiger partial charge is 0.269 e. The number of hydrogen-bond donors (Lipinski definition) is 0. The molecule has 0 saturated carbocycles. The molecule has 0 radical (unpaired) electrons. The van der Waals surface area contributed by atoms with Gasteiger partial charge in [0.25, 0.3) is 5.69 Å². The fourth-order valence-electron chi connectivity index (χ4n) is 5.72. The minimum Gasteiger partial charge on any atom is -0.368 e. The zero-order valence-electron chi connectivity index (χ0n) is 24.2. The van der Waals surface area contributed by atoms with Gasteiger partial charge in [-0.1, -0.05) is 104 Å². The Labute approximate surface area is 252 Å². The third kappa shape index (κ3) is 5.97. The van der Waals surface area contributed by atoms with Gasteiger partial charge < -0.3 is 9.80 Å². The van der Waals surface area contributed by atoms with Crippen molar-refractivity contribution in [2.24, 2.45) is 5.92 Å². The first-order valence-electron chi connectivity index (χ1n) is 14.5. The Hall–Kier alpha value is -5.42. The van der Waals surface area contributed by atoms with E-state index >= 15 is 0 Å². The molecule has 1 aliphatic carbocycles. The van der Waals surface area contributed by atoms with Gasteiger partial charge in [0.15, 0.2) is 0 Å². The summed E-state index contributed by atoms with van der Waals surface area (Å²) in [6.45, 7) is 2.21. The summed E-state index contributed by atoms with van der Waals surface area (Å²) in [5, 5.41) is 11.1. The van der Waals surface area contributed by atoms with Gasteiger partial charge in [0.2, 0.25) is 0 Å². The summed E-state index contributed by atoms with van der Waals surface area (Å²) in [7, 11) is 2.04. The molecule has 0 saturated heterocycles. The summed E-state index contributed by atoms with van der Waals surface area (Å²) in [6.07, 6.45) is 6.72. The van der Waals surface area contributed by atoms with Crippen LogP contribution in [0.4, 0.5) is 22.7 Å². The Kier molecular flexibility index (Phi) is 7.88. The van der Waals surface area contributed by atoms with E-state index in [0.29, 0.717) is 0 Å². The lowest BCUT2D eigenvalue weighted by atomic mass is 9.93. The molecule has 212 valence electrons. The van der Waals surface area contributed by atoms with Crippen molar-refractivity contribution in [2.45, 2.75) is 13.0 Å². The number of hydrogen-bond acceptors (Lipinski definition) is 4. The Morgan fingerprint density at radius 1 is 0.605 bits per heavy atom. The lowest BCUT2D eigenvalue weighted by Gasteiger charge is -2.36.